The van der Waals surface area contributed by atoms with Crippen LogP contribution in [0, 0.1) is 11.2 Å². The van der Waals surface area contributed by atoms with Gasteiger partial charge in [-0.05, 0) is 59.8 Å². The summed E-state index contributed by atoms with van der Waals surface area (Å²) in [4.78, 5) is 58.5. The molecule has 10 heteroatoms. The summed E-state index contributed by atoms with van der Waals surface area (Å²) in [5, 5.41) is 11.4. The van der Waals surface area contributed by atoms with Crippen molar-refractivity contribution in [3.05, 3.63) is 83.7 Å². The van der Waals surface area contributed by atoms with E-state index in [0.717, 1.165) is 28.2 Å². The first-order valence-electron chi connectivity index (χ1n) is 15.4. The summed E-state index contributed by atoms with van der Waals surface area (Å²) in [6.07, 6.45) is 1.38. The fourth-order valence-electron chi connectivity index (χ4n) is 6.83. The third kappa shape index (κ3) is 5.73. The molecule has 0 aliphatic carbocycles. The molecule has 3 aromatic carbocycles. The van der Waals surface area contributed by atoms with E-state index in [1.807, 2.05) is 63.2 Å². The second-order valence-corrected chi connectivity index (χ2v) is 13.2. The van der Waals surface area contributed by atoms with Gasteiger partial charge in [-0.1, -0.05) is 75.4 Å². The molecule has 2 saturated heterocycles. The number of piperazine rings is 1. The van der Waals surface area contributed by atoms with Crippen LogP contribution in [0.25, 0.3) is 10.8 Å². The maximum atomic E-state index is 14.4. The molecule has 0 bridgehead atoms. The lowest BCUT2D eigenvalue weighted by Gasteiger charge is -2.60. The van der Waals surface area contributed by atoms with Crippen molar-refractivity contribution < 1.29 is 23.6 Å². The quantitative estimate of drug-likeness (QED) is 0.303. The summed E-state index contributed by atoms with van der Waals surface area (Å²) in [6, 6.07) is 18.4. The molecule has 0 radical (unpaired) electrons. The number of aldehydes is 1. The third-order valence-electron chi connectivity index (χ3n) is 9.53. The summed E-state index contributed by atoms with van der Waals surface area (Å²) in [7, 11) is 1.65. The van der Waals surface area contributed by atoms with Gasteiger partial charge in [0.25, 0.3) is 0 Å². The molecule has 45 heavy (non-hydrogen) atoms. The molecule has 0 spiro atoms. The van der Waals surface area contributed by atoms with E-state index in [9.17, 15) is 23.6 Å². The Labute approximate surface area is 263 Å². The standard InChI is InChI=1S/C35H42FN5O4/c1-23(37-5)31(44)39-34(22-42,33(2,3)4)35-21-40(17-16-24-11-14-28(36)15-12-24)32(45)29(41(35)30(43)20-38-35)19-25-10-13-26-8-6-7-9-27(26)18-25/h6-15,18,22-23,29,37-38H,16-17,19-21H2,1-5H3,(H,39,44)/t23-,29-,34-,35+/m0/s1. The van der Waals surface area contributed by atoms with Gasteiger partial charge in [-0.3, -0.25) is 19.7 Å². The number of benzene rings is 3. The van der Waals surface area contributed by atoms with Gasteiger partial charge in [0.05, 0.1) is 19.1 Å². The maximum absolute atomic E-state index is 14.4. The molecule has 2 fully saturated rings. The third-order valence-corrected chi connectivity index (χ3v) is 9.53. The molecule has 238 valence electrons. The topological polar surface area (TPSA) is 111 Å². The molecule has 2 heterocycles. The van der Waals surface area contributed by atoms with Crippen molar-refractivity contribution in [3.8, 4) is 0 Å². The van der Waals surface area contributed by atoms with E-state index >= 15 is 0 Å². The van der Waals surface area contributed by atoms with Crippen LogP contribution in [0.3, 0.4) is 0 Å². The summed E-state index contributed by atoms with van der Waals surface area (Å²) >= 11 is 0. The molecule has 9 nitrogen and oxygen atoms in total. The molecular formula is C35H42FN5O4. The highest BCUT2D eigenvalue weighted by atomic mass is 19.1. The molecule has 0 aromatic heterocycles. The van der Waals surface area contributed by atoms with Crippen molar-refractivity contribution in [2.75, 3.05) is 26.7 Å². The Balaban J connectivity index is 1.63. The van der Waals surface area contributed by atoms with Gasteiger partial charge in [-0.25, -0.2) is 4.39 Å². The first-order chi connectivity index (χ1) is 21.4. The Morgan fingerprint density at radius 1 is 1.07 bits per heavy atom. The highest BCUT2D eigenvalue weighted by Gasteiger charge is 2.69. The zero-order valence-electron chi connectivity index (χ0n) is 26.5. The molecule has 5 rings (SSSR count). The smallest absolute Gasteiger partial charge is 0.245 e. The van der Waals surface area contributed by atoms with Crippen molar-refractivity contribution >= 4 is 34.8 Å². The lowest BCUT2D eigenvalue weighted by atomic mass is 9.64. The number of carbonyl (C=O) groups is 4. The lowest BCUT2D eigenvalue weighted by Crippen LogP contribution is -2.86. The minimum Gasteiger partial charge on any atom is -0.339 e. The maximum Gasteiger partial charge on any atom is 0.245 e. The minimum atomic E-state index is -1.63. The van der Waals surface area contributed by atoms with Crippen LogP contribution < -0.4 is 16.0 Å². The number of likely N-dealkylation sites (N-methyl/N-ethyl adjacent to an activating group) is 1. The molecule has 2 aliphatic rings. The van der Waals surface area contributed by atoms with Crippen molar-refractivity contribution in [2.45, 2.75) is 63.8 Å². The Kier molecular flexibility index (Phi) is 8.83. The van der Waals surface area contributed by atoms with Gasteiger partial charge in [-0.2, -0.15) is 0 Å². The SMILES string of the molecule is CN[C@@H](C)C(=O)N[C@@](C=O)(C(C)(C)C)[C@@]12CN(CCc3ccc(F)cc3)C(=O)[C@H](Cc3ccc4ccccc4c3)N1C(=O)CN2. The zero-order valence-corrected chi connectivity index (χ0v) is 26.5. The van der Waals surface area contributed by atoms with Crippen LogP contribution in [0.2, 0.25) is 0 Å². The van der Waals surface area contributed by atoms with Gasteiger partial charge in [-0.15, -0.1) is 0 Å². The number of carbonyl (C=O) groups excluding carboxylic acids is 4. The highest BCUT2D eigenvalue weighted by molar-refractivity contribution is 5.95. The lowest BCUT2D eigenvalue weighted by molar-refractivity contribution is -0.173. The predicted octanol–water partition coefficient (Wildman–Crippen LogP) is 2.81. The van der Waals surface area contributed by atoms with Crippen molar-refractivity contribution in [2.24, 2.45) is 5.41 Å². The van der Waals surface area contributed by atoms with Crippen LogP contribution in [0.15, 0.2) is 66.7 Å². The van der Waals surface area contributed by atoms with Crippen molar-refractivity contribution in [1.29, 1.82) is 0 Å². The molecule has 3 N–H and O–H groups in total. The van der Waals surface area contributed by atoms with Gasteiger partial charge in [0.2, 0.25) is 17.7 Å². The van der Waals surface area contributed by atoms with Gasteiger partial charge >= 0.3 is 0 Å². The van der Waals surface area contributed by atoms with Crippen molar-refractivity contribution in [1.82, 2.24) is 25.8 Å². The largest absolute Gasteiger partial charge is 0.339 e. The van der Waals surface area contributed by atoms with Crippen LogP contribution in [0.1, 0.15) is 38.8 Å². The fraction of sp³-hybridized carbons (Fsp3) is 0.429. The number of halogens is 1. The van der Waals surface area contributed by atoms with E-state index in [-0.39, 0.29) is 43.7 Å². The van der Waals surface area contributed by atoms with E-state index in [1.165, 1.54) is 17.0 Å². The van der Waals surface area contributed by atoms with Crippen LogP contribution in [0.5, 0.6) is 0 Å². The van der Waals surface area contributed by atoms with Gasteiger partial charge in [0.15, 0.2) is 0 Å². The number of nitrogens with one attached hydrogen (secondary N) is 3. The molecule has 0 saturated carbocycles. The minimum absolute atomic E-state index is 0.0305. The second kappa shape index (κ2) is 12.3. The number of hydrogen-bond donors (Lipinski definition) is 3. The first-order valence-corrected chi connectivity index (χ1v) is 15.4. The van der Waals surface area contributed by atoms with Crippen molar-refractivity contribution in [3.63, 3.8) is 0 Å². The number of amides is 3. The summed E-state index contributed by atoms with van der Waals surface area (Å²) in [5.41, 5.74) is -2.28. The van der Waals surface area contributed by atoms with Crippen LogP contribution in [0.4, 0.5) is 4.39 Å². The first kappa shape index (κ1) is 32.2. The van der Waals surface area contributed by atoms with E-state index in [4.69, 9.17) is 0 Å². The van der Waals surface area contributed by atoms with Gasteiger partial charge in [0.1, 0.15) is 29.3 Å². The zero-order chi connectivity index (χ0) is 32.6. The Morgan fingerprint density at radius 3 is 2.38 bits per heavy atom. The number of nitrogens with zero attached hydrogens (tertiary/aromatic N) is 2. The fourth-order valence-corrected chi connectivity index (χ4v) is 6.83. The molecule has 3 amide bonds. The summed E-state index contributed by atoms with van der Waals surface area (Å²) in [6.45, 7) is 7.37. The second-order valence-electron chi connectivity index (χ2n) is 13.2. The van der Waals surface area contributed by atoms with E-state index in [2.05, 4.69) is 16.0 Å². The normalized spacial score (nSPS) is 22.2. The van der Waals surface area contributed by atoms with E-state index in [0.29, 0.717) is 6.42 Å². The molecule has 0 unspecified atom stereocenters. The van der Waals surface area contributed by atoms with Crippen LogP contribution in [-0.2, 0) is 32.0 Å². The van der Waals surface area contributed by atoms with E-state index in [1.54, 1.807) is 31.0 Å². The Bertz CT molecular complexity index is 1610. The number of fused-ring (bicyclic) bond motifs is 2. The van der Waals surface area contributed by atoms with Gasteiger partial charge in [0, 0.05) is 13.0 Å². The molecule has 2 aliphatic heterocycles. The monoisotopic (exact) mass is 615 g/mol. The van der Waals surface area contributed by atoms with E-state index < -0.39 is 34.6 Å². The average molecular weight is 616 g/mol. The molecule has 3 aromatic rings. The summed E-state index contributed by atoms with van der Waals surface area (Å²) in [5.74, 6) is -1.32. The Hall–Kier alpha value is -4.15. The number of rotatable bonds is 10. The number of hydrogen-bond acceptors (Lipinski definition) is 6. The molecule has 4 atom stereocenters. The van der Waals surface area contributed by atoms with Crippen LogP contribution >= 0.6 is 0 Å². The predicted molar refractivity (Wildman–Crippen MR) is 171 cm³/mol. The molecular weight excluding hydrogens is 573 g/mol. The van der Waals surface area contributed by atoms with Gasteiger partial charge < -0.3 is 25.2 Å². The summed E-state index contributed by atoms with van der Waals surface area (Å²) < 4.78 is 13.6. The average Bonchev–Trinajstić information content (AvgIpc) is 3.36. The van der Waals surface area contributed by atoms with Crippen LogP contribution in [-0.4, -0.2) is 83.8 Å². The highest BCUT2D eigenvalue weighted by Crippen LogP contribution is 2.45. The Morgan fingerprint density at radius 2 is 1.73 bits per heavy atom.